The summed E-state index contributed by atoms with van der Waals surface area (Å²) in [7, 11) is 3.25. The van der Waals surface area contributed by atoms with E-state index in [-0.39, 0.29) is 0 Å². The SMILES string of the molecule is COc1ccc(C=Nc2sc3c(c2C#N)CC[C@H](C)C3)c(OC)c1. The van der Waals surface area contributed by atoms with Crippen LogP contribution in [0.15, 0.2) is 23.2 Å². The highest BCUT2D eigenvalue weighted by Gasteiger charge is 2.23. The van der Waals surface area contributed by atoms with Crippen molar-refractivity contribution in [1.82, 2.24) is 0 Å². The van der Waals surface area contributed by atoms with Crippen molar-refractivity contribution in [1.29, 1.82) is 5.26 Å². The van der Waals surface area contributed by atoms with Gasteiger partial charge in [0.2, 0.25) is 0 Å². The average molecular weight is 340 g/mol. The number of hydrogen-bond donors (Lipinski definition) is 0. The molecule has 1 aromatic carbocycles. The number of aliphatic imine (C=N–C) groups is 1. The Bertz CT molecular complexity index is 818. The number of rotatable bonds is 4. The highest BCUT2D eigenvalue weighted by atomic mass is 32.1. The fourth-order valence-electron chi connectivity index (χ4n) is 3.00. The zero-order valence-electron chi connectivity index (χ0n) is 14.1. The van der Waals surface area contributed by atoms with Crippen molar-refractivity contribution >= 4 is 22.6 Å². The van der Waals surface area contributed by atoms with E-state index >= 15 is 0 Å². The van der Waals surface area contributed by atoms with Crippen LogP contribution in [0.3, 0.4) is 0 Å². The quantitative estimate of drug-likeness (QED) is 0.769. The molecule has 3 rings (SSSR count). The van der Waals surface area contributed by atoms with Gasteiger partial charge in [-0.2, -0.15) is 5.26 Å². The van der Waals surface area contributed by atoms with E-state index in [0.717, 1.165) is 41.1 Å². The lowest BCUT2D eigenvalue weighted by atomic mass is 9.89. The van der Waals surface area contributed by atoms with Gasteiger partial charge in [0.05, 0.1) is 19.8 Å². The fourth-order valence-corrected chi connectivity index (χ4v) is 4.30. The molecule has 0 aliphatic heterocycles. The summed E-state index contributed by atoms with van der Waals surface area (Å²) in [5.74, 6) is 2.12. The van der Waals surface area contributed by atoms with E-state index in [0.29, 0.717) is 11.7 Å². The van der Waals surface area contributed by atoms with Crippen LogP contribution in [0.25, 0.3) is 0 Å². The molecule has 124 valence electrons. The van der Waals surface area contributed by atoms with Gasteiger partial charge in [0.1, 0.15) is 22.6 Å². The number of methoxy groups -OCH3 is 2. The Hall–Kier alpha value is -2.32. The van der Waals surface area contributed by atoms with E-state index in [4.69, 9.17) is 9.47 Å². The van der Waals surface area contributed by atoms with Gasteiger partial charge in [-0.05, 0) is 42.9 Å². The molecule has 0 spiro atoms. The molecule has 0 saturated heterocycles. The van der Waals surface area contributed by atoms with Crippen LogP contribution < -0.4 is 9.47 Å². The van der Waals surface area contributed by atoms with Crippen molar-refractivity contribution in [2.45, 2.75) is 26.2 Å². The first-order valence-electron chi connectivity index (χ1n) is 7.97. The fraction of sp³-hybridized carbons (Fsp3) is 0.368. The van der Waals surface area contributed by atoms with Gasteiger partial charge in [-0.1, -0.05) is 6.92 Å². The number of hydrogen-bond acceptors (Lipinski definition) is 5. The first-order valence-corrected chi connectivity index (χ1v) is 8.78. The third-order valence-electron chi connectivity index (χ3n) is 4.37. The lowest BCUT2D eigenvalue weighted by Crippen LogP contribution is -2.09. The Labute approximate surface area is 146 Å². The summed E-state index contributed by atoms with van der Waals surface area (Å²) < 4.78 is 10.6. The lowest BCUT2D eigenvalue weighted by molar-refractivity contribution is 0.394. The van der Waals surface area contributed by atoms with Gasteiger partial charge in [-0.15, -0.1) is 11.3 Å². The van der Waals surface area contributed by atoms with Crippen LogP contribution in [0.2, 0.25) is 0 Å². The molecule has 0 saturated carbocycles. The summed E-state index contributed by atoms with van der Waals surface area (Å²) in [5.41, 5.74) is 2.81. The molecule has 0 fully saturated rings. The molecule has 1 aliphatic carbocycles. The smallest absolute Gasteiger partial charge is 0.134 e. The Kier molecular flexibility index (Phi) is 4.86. The van der Waals surface area contributed by atoms with Crippen molar-refractivity contribution in [3.63, 3.8) is 0 Å². The first-order chi connectivity index (χ1) is 11.7. The second-order valence-electron chi connectivity index (χ2n) is 6.01. The summed E-state index contributed by atoms with van der Waals surface area (Å²) in [4.78, 5) is 5.91. The molecule has 1 heterocycles. The van der Waals surface area contributed by atoms with Crippen LogP contribution in [0.4, 0.5) is 5.00 Å². The standard InChI is InChI=1S/C19H20N2O2S/c1-12-4-7-15-16(10-20)19(24-18(15)8-12)21-11-13-5-6-14(22-2)9-17(13)23-3/h5-6,9,11-12H,4,7-8H2,1-3H3/t12-/m0/s1. The van der Waals surface area contributed by atoms with Gasteiger partial charge in [0.25, 0.3) is 0 Å². The van der Waals surface area contributed by atoms with Crippen molar-refractivity contribution in [2.24, 2.45) is 10.9 Å². The predicted octanol–water partition coefficient (Wildman–Crippen LogP) is 4.51. The number of benzene rings is 1. The van der Waals surface area contributed by atoms with Crippen LogP contribution >= 0.6 is 11.3 Å². The third-order valence-corrected chi connectivity index (χ3v) is 5.53. The highest BCUT2D eigenvalue weighted by Crippen LogP contribution is 2.40. The average Bonchev–Trinajstić information content (AvgIpc) is 2.96. The molecule has 0 bridgehead atoms. The van der Waals surface area contributed by atoms with Gasteiger partial charge >= 0.3 is 0 Å². The third kappa shape index (κ3) is 3.15. The molecule has 5 heteroatoms. The monoisotopic (exact) mass is 340 g/mol. The van der Waals surface area contributed by atoms with E-state index in [1.807, 2.05) is 18.2 Å². The number of fused-ring (bicyclic) bond motifs is 1. The molecule has 4 nitrogen and oxygen atoms in total. The predicted molar refractivity (Wildman–Crippen MR) is 97.0 cm³/mol. The molecule has 0 amide bonds. The molecule has 2 aromatic rings. The van der Waals surface area contributed by atoms with Crippen molar-refractivity contribution in [2.75, 3.05) is 14.2 Å². The van der Waals surface area contributed by atoms with E-state index in [1.165, 1.54) is 10.4 Å². The molecular weight excluding hydrogens is 320 g/mol. The number of ether oxygens (including phenoxy) is 2. The zero-order chi connectivity index (χ0) is 17.1. The molecule has 0 unspecified atom stereocenters. The largest absolute Gasteiger partial charge is 0.497 e. The van der Waals surface area contributed by atoms with Crippen molar-refractivity contribution in [3.05, 3.63) is 39.8 Å². The van der Waals surface area contributed by atoms with Crippen molar-refractivity contribution < 1.29 is 9.47 Å². The second-order valence-corrected chi connectivity index (χ2v) is 7.09. The van der Waals surface area contributed by atoms with Gasteiger partial charge in [0.15, 0.2) is 0 Å². The Morgan fingerprint density at radius 1 is 1.33 bits per heavy atom. The summed E-state index contributed by atoms with van der Waals surface area (Å²) in [6.45, 7) is 2.26. The Balaban J connectivity index is 1.94. The van der Waals surface area contributed by atoms with Gasteiger partial charge in [-0.25, -0.2) is 4.99 Å². The summed E-state index contributed by atoms with van der Waals surface area (Å²) in [6.07, 6.45) is 4.95. The van der Waals surface area contributed by atoms with Gasteiger partial charge in [0, 0.05) is 22.7 Å². The Morgan fingerprint density at radius 3 is 2.88 bits per heavy atom. The topological polar surface area (TPSA) is 54.6 Å². The molecule has 0 N–H and O–H groups in total. The van der Waals surface area contributed by atoms with Gasteiger partial charge in [-0.3, -0.25) is 0 Å². The van der Waals surface area contributed by atoms with E-state index < -0.39 is 0 Å². The van der Waals surface area contributed by atoms with Crippen LogP contribution in [0.5, 0.6) is 11.5 Å². The molecule has 0 radical (unpaired) electrons. The maximum Gasteiger partial charge on any atom is 0.134 e. The van der Waals surface area contributed by atoms with Gasteiger partial charge < -0.3 is 9.47 Å². The molecule has 1 aromatic heterocycles. The minimum Gasteiger partial charge on any atom is -0.497 e. The Morgan fingerprint density at radius 2 is 2.17 bits per heavy atom. The zero-order valence-corrected chi connectivity index (χ0v) is 14.9. The van der Waals surface area contributed by atoms with Crippen LogP contribution in [0.1, 0.15) is 34.9 Å². The second kappa shape index (κ2) is 7.06. The normalized spacial score (nSPS) is 16.7. The minimum absolute atomic E-state index is 0.682. The maximum absolute atomic E-state index is 9.54. The number of nitriles is 1. The maximum atomic E-state index is 9.54. The first kappa shape index (κ1) is 16.5. The van der Waals surface area contributed by atoms with E-state index in [2.05, 4.69) is 18.0 Å². The number of thiophene rings is 1. The number of nitrogens with zero attached hydrogens (tertiary/aromatic N) is 2. The summed E-state index contributed by atoms with van der Waals surface area (Å²) >= 11 is 1.64. The van der Waals surface area contributed by atoms with E-state index in [9.17, 15) is 5.26 Å². The van der Waals surface area contributed by atoms with Crippen LogP contribution in [-0.4, -0.2) is 20.4 Å². The molecule has 1 atom stereocenters. The minimum atomic E-state index is 0.682. The summed E-state index contributed by atoms with van der Waals surface area (Å²) in [5, 5.41) is 10.3. The molecule has 1 aliphatic rings. The highest BCUT2D eigenvalue weighted by molar-refractivity contribution is 7.16. The van der Waals surface area contributed by atoms with Crippen LogP contribution in [-0.2, 0) is 12.8 Å². The molecule has 24 heavy (non-hydrogen) atoms. The van der Waals surface area contributed by atoms with E-state index in [1.54, 1.807) is 31.8 Å². The molecular formula is C19H20N2O2S. The summed E-state index contributed by atoms with van der Waals surface area (Å²) in [6, 6.07) is 7.95. The van der Waals surface area contributed by atoms with Crippen molar-refractivity contribution in [3.8, 4) is 17.6 Å². The lowest BCUT2D eigenvalue weighted by Gasteiger charge is -2.17. The van der Waals surface area contributed by atoms with Crippen LogP contribution in [0, 0.1) is 17.2 Å².